The highest BCUT2D eigenvalue weighted by molar-refractivity contribution is 7.03. The van der Waals surface area contributed by atoms with Crippen molar-refractivity contribution in [3.63, 3.8) is 0 Å². The quantitative estimate of drug-likeness (QED) is 0.255. The number of aromatic nitrogens is 4. The molecule has 0 saturated heterocycles. The predicted octanol–water partition coefficient (Wildman–Crippen LogP) is 4.86. The van der Waals surface area contributed by atoms with Crippen LogP contribution in [0.2, 0.25) is 0 Å². The van der Waals surface area contributed by atoms with E-state index in [1.54, 1.807) is 29.1 Å². The number of fused-ring (bicyclic) bond motifs is 1. The van der Waals surface area contributed by atoms with Gasteiger partial charge in [-0.2, -0.15) is 4.37 Å². The van der Waals surface area contributed by atoms with Crippen molar-refractivity contribution in [3.05, 3.63) is 78.2 Å². The standard InChI is InChI=1S/C26H22N4O5S/c31-26(32)17-35-20-9-7-19(8-10-20)33-13-3-14-34-25-11-6-18(21-12-15-36-29-21)16-24(25)30-27-22-4-1-2-5-23(22)28-30/h1-2,4-12,15-16H,3,13-14,17H2,(H,31,32). The molecule has 0 aliphatic carbocycles. The lowest BCUT2D eigenvalue weighted by molar-refractivity contribution is -0.139. The third-order valence-corrected chi connectivity index (χ3v) is 5.76. The SMILES string of the molecule is O=C(O)COc1ccc(OCCCOc2ccc(-c3ccsn3)cc2-n2nc3ccccc3n2)cc1. The van der Waals surface area contributed by atoms with Crippen molar-refractivity contribution in [2.75, 3.05) is 19.8 Å². The molecule has 0 bridgehead atoms. The molecule has 0 radical (unpaired) electrons. The van der Waals surface area contributed by atoms with Crippen LogP contribution in [0.1, 0.15) is 6.42 Å². The first-order chi connectivity index (χ1) is 17.7. The molecule has 36 heavy (non-hydrogen) atoms. The van der Waals surface area contributed by atoms with Gasteiger partial charge in [0.15, 0.2) is 6.61 Å². The summed E-state index contributed by atoms with van der Waals surface area (Å²) in [6.07, 6.45) is 0.652. The maximum atomic E-state index is 10.6. The Kier molecular flexibility index (Phi) is 7.04. The highest BCUT2D eigenvalue weighted by atomic mass is 32.1. The molecule has 0 spiro atoms. The average molecular weight is 503 g/mol. The number of rotatable bonds is 11. The Hall–Kier alpha value is -4.44. The first kappa shape index (κ1) is 23.3. The van der Waals surface area contributed by atoms with E-state index in [1.807, 2.05) is 53.9 Å². The van der Waals surface area contributed by atoms with Crippen LogP contribution in [-0.2, 0) is 4.79 Å². The van der Waals surface area contributed by atoms with E-state index in [4.69, 9.17) is 19.3 Å². The maximum Gasteiger partial charge on any atom is 0.341 e. The number of hydrogen-bond acceptors (Lipinski definition) is 8. The van der Waals surface area contributed by atoms with Gasteiger partial charge in [-0.05, 0) is 72.2 Å². The monoisotopic (exact) mass is 502 g/mol. The largest absolute Gasteiger partial charge is 0.493 e. The van der Waals surface area contributed by atoms with Crippen molar-refractivity contribution >= 4 is 28.5 Å². The van der Waals surface area contributed by atoms with Crippen LogP contribution < -0.4 is 14.2 Å². The minimum absolute atomic E-state index is 0.381. The van der Waals surface area contributed by atoms with Gasteiger partial charge in [-0.25, -0.2) is 4.79 Å². The molecule has 5 rings (SSSR count). The van der Waals surface area contributed by atoms with Crippen LogP contribution in [0.5, 0.6) is 17.2 Å². The average Bonchev–Trinajstić information content (AvgIpc) is 3.58. The summed E-state index contributed by atoms with van der Waals surface area (Å²) in [6.45, 7) is 0.503. The first-order valence-electron chi connectivity index (χ1n) is 11.2. The Morgan fingerprint density at radius 2 is 1.56 bits per heavy atom. The molecule has 182 valence electrons. The normalized spacial score (nSPS) is 10.9. The highest BCUT2D eigenvalue weighted by Crippen LogP contribution is 2.29. The number of carbonyl (C=O) groups is 1. The number of carboxylic acids is 1. The molecule has 3 aromatic carbocycles. The highest BCUT2D eigenvalue weighted by Gasteiger charge is 2.13. The summed E-state index contributed by atoms with van der Waals surface area (Å²) in [4.78, 5) is 12.2. The molecule has 9 nitrogen and oxygen atoms in total. The lowest BCUT2D eigenvalue weighted by atomic mass is 10.1. The first-order valence-corrected chi connectivity index (χ1v) is 12.1. The van der Waals surface area contributed by atoms with E-state index < -0.39 is 5.97 Å². The molecule has 0 amide bonds. The van der Waals surface area contributed by atoms with Crippen molar-refractivity contribution in [1.29, 1.82) is 0 Å². The molecule has 1 N–H and O–H groups in total. The fraction of sp³-hybridized carbons (Fsp3) is 0.154. The van der Waals surface area contributed by atoms with Crippen LogP contribution in [0.15, 0.2) is 78.2 Å². The minimum Gasteiger partial charge on any atom is -0.493 e. The Morgan fingerprint density at radius 1 is 0.861 bits per heavy atom. The molecular weight excluding hydrogens is 480 g/mol. The van der Waals surface area contributed by atoms with Gasteiger partial charge in [-0.1, -0.05) is 12.1 Å². The van der Waals surface area contributed by atoms with Crippen molar-refractivity contribution in [3.8, 4) is 34.2 Å². The number of benzene rings is 3. The lowest BCUT2D eigenvalue weighted by Gasteiger charge is -2.13. The van der Waals surface area contributed by atoms with E-state index in [0.717, 1.165) is 28.0 Å². The van der Waals surface area contributed by atoms with Gasteiger partial charge in [-0.15, -0.1) is 15.0 Å². The summed E-state index contributed by atoms with van der Waals surface area (Å²) in [7, 11) is 0. The van der Waals surface area contributed by atoms with Crippen molar-refractivity contribution in [1.82, 2.24) is 19.4 Å². The van der Waals surface area contributed by atoms with Gasteiger partial charge in [0.2, 0.25) is 0 Å². The van der Waals surface area contributed by atoms with E-state index >= 15 is 0 Å². The van der Waals surface area contributed by atoms with Crippen LogP contribution >= 0.6 is 11.5 Å². The molecule has 0 unspecified atom stereocenters. The number of ether oxygens (including phenoxy) is 3. The maximum absolute atomic E-state index is 10.6. The molecule has 0 atom stereocenters. The molecule has 0 fully saturated rings. The van der Waals surface area contributed by atoms with E-state index in [9.17, 15) is 4.79 Å². The number of aliphatic carboxylic acids is 1. The van der Waals surface area contributed by atoms with Crippen LogP contribution in [0, 0.1) is 0 Å². The minimum atomic E-state index is -1.02. The van der Waals surface area contributed by atoms with Gasteiger partial charge >= 0.3 is 5.97 Å². The molecular formula is C26H22N4O5S. The zero-order chi connectivity index (χ0) is 24.7. The summed E-state index contributed by atoms with van der Waals surface area (Å²) in [5.74, 6) is 0.780. The zero-order valence-corrected chi connectivity index (χ0v) is 19.9. The van der Waals surface area contributed by atoms with E-state index in [1.165, 1.54) is 11.5 Å². The second-order valence-corrected chi connectivity index (χ2v) is 8.42. The summed E-state index contributed by atoms with van der Waals surface area (Å²) in [6, 6.07) is 22.4. The number of hydrogen-bond donors (Lipinski definition) is 1. The van der Waals surface area contributed by atoms with Gasteiger partial charge in [-0.3, -0.25) is 0 Å². The van der Waals surface area contributed by atoms with Crippen molar-refractivity contribution in [2.45, 2.75) is 6.42 Å². The Bertz CT molecular complexity index is 1420. The summed E-state index contributed by atoms with van der Waals surface area (Å²) in [5, 5.41) is 19.9. The van der Waals surface area contributed by atoms with Crippen LogP contribution in [0.4, 0.5) is 0 Å². The Labute approximate surface area is 210 Å². The third kappa shape index (κ3) is 5.61. The van der Waals surface area contributed by atoms with E-state index in [0.29, 0.717) is 36.9 Å². The fourth-order valence-electron chi connectivity index (χ4n) is 3.49. The van der Waals surface area contributed by atoms with Crippen LogP contribution in [-0.4, -0.2) is 50.3 Å². The molecule has 5 aromatic rings. The molecule has 0 aliphatic heterocycles. The Balaban J connectivity index is 1.23. The van der Waals surface area contributed by atoms with Gasteiger partial charge < -0.3 is 19.3 Å². The number of nitrogens with zero attached hydrogens (tertiary/aromatic N) is 4. The second-order valence-electron chi connectivity index (χ2n) is 7.75. The van der Waals surface area contributed by atoms with Gasteiger partial charge in [0, 0.05) is 17.4 Å². The molecule has 0 saturated carbocycles. The topological polar surface area (TPSA) is 109 Å². The summed E-state index contributed by atoms with van der Waals surface area (Å²) >= 11 is 1.40. The molecule has 10 heteroatoms. The lowest BCUT2D eigenvalue weighted by Crippen LogP contribution is -2.09. The van der Waals surface area contributed by atoms with Gasteiger partial charge in [0.25, 0.3) is 0 Å². The molecule has 2 aromatic heterocycles. The van der Waals surface area contributed by atoms with Gasteiger partial charge in [0.05, 0.1) is 18.9 Å². The van der Waals surface area contributed by atoms with Crippen molar-refractivity contribution < 1.29 is 24.1 Å². The molecule has 2 heterocycles. The van der Waals surface area contributed by atoms with Crippen LogP contribution in [0.25, 0.3) is 28.0 Å². The molecule has 0 aliphatic rings. The second kappa shape index (κ2) is 10.9. The fourth-order valence-corrected chi connectivity index (χ4v) is 4.02. The van der Waals surface area contributed by atoms with Gasteiger partial charge in [0.1, 0.15) is 34.0 Å². The van der Waals surface area contributed by atoms with E-state index in [2.05, 4.69) is 14.6 Å². The predicted molar refractivity (Wildman–Crippen MR) is 135 cm³/mol. The smallest absolute Gasteiger partial charge is 0.341 e. The summed E-state index contributed by atoms with van der Waals surface area (Å²) < 4.78 is 21.4. The third-order valence-electron chi connectivity index (χ3n) is 5.20. The Morgan fingerprint density at radius 3 is 2.22 bits per heavy atom. The van der Waals surface area contributed by atoms with Crippen molar-refractivity contribution in [2.24, 2.45) is 0 Å². The van der Waals surface area contributed by atoms with Crippen LogP contribution in [0.3, 0.4) is 0 Å². The zero-order valence-electron chi connectivity index (χ0n) is 19.1. The number of carboxylic acid groups (broad SMARTS) is 1. The summed E-state index contributed by atoms with van der Waals surface area (Å²) in [5.41, 5.74) is 4.18. The van der Waals surface area contributed by atoms with E-state index in [-0.39, 0.29) is 6.61 Å².